The molecule has 50 valence electrons. The van der Waals surface area contributed by atoms with E-state index in [1.807, 2.05) is 0 Å². The molecular weight excluding hydrogens is 126 g/mol. The molecule has 0 saturated heterocycles. The maximum atomic E-state index is 11.4. The van der Waals surface area contributed by atoms with Crippen LogP contribution >= 0.6 is 0 Å². The molecule has 0 spiro atoms. The Balaban J connectivity index is 3.39. The number of hydrogen-bond donors (Lipinski definition) is 1. The number of nitrogens with one attached hydrogen (secondary N) is 1. The molecular formula is C3H5F4N. The van der Waals surface area contributed by atoms with E-state index in [-0.39, 0.29) is 0 Å². The molecule has 0 aromatic rings. The average molecular weight is 131 g/mol. The highest BCUT2D eigenvalue weighted by Crippen LogP contribution is 2.10. The van der Waals surface area contributed by atoms with Crippen molar-refractivity contribution in [2.24, 2.45) is 0 Å². The van der Waals surface area contributed by atoms with Crippen molar-refractivity contribution >= 4 is 0 Å². The van der Waals surface area contributed by atoms with Crippen molar-refractivity contribution in [3.05, 3.63) is 0 Å². The van der Waals surface area contributed by atoms with E-state index >= 15 is 0 Å². The summed E-state index contributed by atoms with van der Waals surface area (Å²) in [7, 11) is 0. The lowest BCUT2D eigenvalue weighted by atomic mass is 10.7. The summed E-state index contributed by atoms with van der Waals surface area (Å²) in [4.78, 5) is 0. The van der Waals surface area contributed by atoms with Gasteiger partial charge < -0.3 is 0 Å². The Hall–Kier alpha value is -0.320. The molecule has 5 heteroatoms. The summed E-state index contributed by atoms with van der Waals surface area (Å²) in [6.07, 6.45) is -6.64. The summed E-state index contributed by atoms with van der Waals surface area (Å²) in [5, 5.41) is 0.715. The summed E-state index contributed by atoms with van der Waals surface area (Å²) in [6.45, 7) is 0.771. The monoisotopic (exact) mass is 131 g/mol. The van der Waals surface area contributed by atoms with Crippen molar-refractivity contribution in [1.29, 1.82) is 0 Å². The Morgan fingerprint density at radius 2 is 1.75 bits per heavy atom. The van der Waals surface area contributed by atoms with E-state index in [9.17, 15) is 17.6 Å². The second-order valence-electron chi connectivity index (χ2n) is 1.26. The highest BCUT2D eigenvalue weighted by molar-refractivity contribution is 4.46. The molecule has 1 N–H and O–H groups in total. The summed E-state index contributed by atoms with van der Waals surface area (Å²) in [6, 6.07) is 0. The summed E-state index contributed by atoms with van der Waals surface area (Å²) < 4.78 is 44.2. The van der Waals surface area contributed by atoms with Crippen LogP contribution in [0.25, 0.3) is 0 Å². The standard InChI is InChI=1S/C3H5F4N/c1-2(4)8-3(5,6)7/h2,8H,1H3. The molecule has 1 unspecified atom stereocenters. The topological polar surface area (TPSA) is 12.0 Å². The Morgan fingerprint density at radius 3 is 1.75 bits per heavy atom. The van der Waals surface area contributed by atoms with Crippen LogP contribution < -0.4 is 5.32 Å². The van der Waals surface area contributed by atoms with Gasteiger partial charge >= 0.3 is 6.30 Å². The zero-order valence-electron chi connectivity index (χ0n) is 4.09. The first-order chi connectivity index (χ1) is 3.42. The number of alkyl halides is 4. The molecule has 0 aliphatic carbocycles. The lowest BCUT2D eigenvalue weighted by Crippen LogP contribution is -2.36. The number of rotatable bonds is 1. The molecule has 0 radical (unpaired) electrons. The van der Waals surface area contributed by atoms with Crippen molar-refractivity contribution in [1.82, 2.24) is 5.32 Å². The minimum Gasteiger partial charge on any atom is -0.230 e. The van der Waals surface area contributed by atoms with Gasteiger partial charge in [-0.15, -0.1) is 0 Å². The van der Waals surface area contributed by atoms with Crippen molar-refractivity contribution in [3.63, 3.8) is 0 Å². The SMILES string of the molecule is CC(F)NC(F)(F)F. The van der Waals surface area contributed by atoms with E-state index in [1.165, 1.54) is 0 Å². The van der Waals surface area contributed by atoms with E-state index in [1.54, 1.807) is 0 Å². The fourth-order valence-electron chi connectivity index (χ4n) is 0.226. The molecule has 1 atom stereocenters. The molecule has 0 fully saturated rings. The van der Waals surface area contributed by atoms with E-state index in [4.69, 9.17) is 0 Å². The summed E-state index contributed by atoms with van der Waals surface area (Å²) >= 11 is 0. The fraction of sp³-hybridized carbons (Fsp3) is 1.00. The van der Waals surface area contributed by atoms with Crippen LogP contribution in [0.1, 0.15) is 6.92 Å². The maximum Gasteiger partial charge on any atom is 0.459 e. The van der Waals surface area contributed by atoms with Gasteiger partial charge in [-0.05, 0) is 6.92 Å². The molecule has 0 aliphatic rings. The number of hydrogen-bond acceptors (Lipinski definition) is 1. The Morgan fingerprint density at radius 1 is 1.38 bits per heavy atom. The van der Waals surface area contributed by atoms with Gasteiger partial charge in [0.2, 0.25) is 0 Å². The number of halogens is 4. The zero-order chi connectivity index (χ0) is 6.78. The highest BCUT2D eigenvalue weighted by atomic mass is 19.4. The third-order valence-electron chi connectivity index (χ3n) is 0.363. The predicted octanol–water partition coefficient (Wildman–Crippen LogP) is 1.41. The Kier molecular flexibility index (Phi) is 2.21. The van der Waals surface area contributed by atoms with Crippen LogP contribution in [-0.4, -0.2) is 12.6 Å². The molecule has 0 aliphatic heterocycles. The largest absolute Gasteiger partial charge is 0.459 e. The molecule has 0 aromatic carbocycles. The molecule has 0 heterocycles. The van der Waals surface area contributed by atoms with Crippen molar-refractivity contribution in [2.75, 3.05) is 0 Å². The fourth-order valence-corrected chi connectivity index (χ4v) is 0.226. The van der Waals surface area contributed by atoms with Gasteiger partial charge in [0.1, 0.15) is 0 Å². The van der Waals surface area contributed by atoms with Crippen molar-refractivity contribution in [3.8, 4) is 0 Å². The van der Waals surface area contributed by atoms with Crippen LogP contribution in [0.3, 0.4) is 0 Å². The Bertz CT molecular complexity index is 66.2. The van der Waals surface area contributed by atoms with Gasteiger partial charge in [0.25, 0.3) is 0 Å². The van der Waals surface area contributed by atoms with Gasteiger partial charge in [-0.2, -0.15) is 18.5 Å². The average Bonchev–Trinajstić information content (AvgIpc) is 1.21. The molecule has 0 amide bonds. The highest BCUT2D eigenvalue weighted by Gasteiger charge is 2.28. The summed E-state index contributed by atoms with van der Waals surface area (Å²) in [5.74, 6) is 0. The lowest BCUT2D eigenvalue weighted by Gasteiger charge is -2.07. The summed E-state index contributed by atoms with van der Waals surface area (Å²) in [5.41, 5.74) is 0. The van der Waals surface area contributed by atoms with Crippen LogP contribution in [0.4, 0.5) is 17.6 Å². The van der Waals surface area contributed by atoms with Crippen LogP contribution in [0.5, 0.6) is 0 Å². The minimum absolute atomic E-state index is 0.715. The van der Waals surface area contributed by atoms with Crippen LogP contribution in [-0.2, 0) is 0 Å². The van der Waals surface area contributed by atoms with E-state index in [0.29, 0.717) is 5.32 Å². The normalized spacial score (nSPS) is 16.1. The maximum absolute atomic E-state index is 11.4. The van der Waals surface area contributed by atoms with Gasteiger partial charge in [-0.25, -0.2) is 4.39 Å². The zero-order valence-corrected chi connectivity index (χ0v) is 4.09. The first-order valence-corrected chi connectivity index (χ1v) is 1.90. The molecule has 0 rings (SSSR count). The van der Waals surface area contributed by atoms with Gasteiger partial charge in [0.15, 0.2) is 6.30 Å². The van der Waals surface area contributed by atoms with E-state index < -0.39 is 12.6 Å². The lowest BCUT2D eigenvalue weighted by molar-refractivity contribution is -0.171. The first-order valence-electron chi connectivity index (χ1n) is 1.90. The predicted molar refractivity (Wildman–Crippen MR) is 19.8 cm³/mol. The molecule has 0 aromatic heterocycles. The minimum atomic E-state index is -4.60. The van der Waals surface area contributed by atoms with Gasteiger partial charge in [-0.3, -0.25) is 0 Å². The third kappa shape index (κ3) is 5.68. The quantitative estimate of drug-likeness (QED) is 0.419. The van der Waals surface area contributed by atoms with Crippen LogP contribution in [0, 0.1) is 0 Å². The van der Waals surface area contributed by atoms with E-state index in [2.05, 4.69) is 0 Å². The molecule has 1 nitrogen and oxygen atoms in total. The molecule has 0 bridgehead atoms. The smallest absolute Gasteiger partial charge is 0.230 e. The molecule has 8 heavy (non-hydrogen) atoms. The second-order valence-corrected chi connectivity index (χ2v) is 1.26. The second kappa shape index (κ2) is 2.30. The van der Waals surface area contributed by atoms with Gasteiger partial charge in [0.05, 0.1) is 0 Å². The first kappa shape index (κ1) is 7.68. The molecule has 0 saturated carbocycles. The van der Waals surface area contributed by atoms with Crippen LogP contribution in [0.15, 0.2) is 0 Å². The van der Waals surface area contributed by atoms with Crippen molar-refractivity contribution in [2.45, 2.75) is 19.5 Å². The van der Waals surface area contributed by atoms with Crippen LogP contribution in [0.2, 0.25) is 0 Å². The third-order valence-corrected chi connectivity index (χ3v) is 0.363. The van der Waals surface area contributed by atoms with E-state index in [0.717, 1.165) is 6.92 Å². The Labute approximate surface area is 43.7 Å². The van der Waals surface area contributed by atoms with Gasteiger partial charge in [0, 0.05) is 0 Å². The van der Waals surface area contributed by atoms with Gasteiger partial charge in [-0.1, -0.05) is 0 Å². The van der Waals surface area contributed by atoms with Crippen molar-refractivity contribution < 1.29 is 17.6 Å².